The zero-order chi connectivity index (χ0) is 20.8. The van der Waals surface area contributed by atoms with Gasteiger partial charge >= 0.3 is 0 Å². The van der Waals surface area contributed by atoms with Crippen LogP contribution in [0.1, 0.15) is 13.3 Å². The van der Waals surface area contributed by atoms with Crippen LogP contribution in [-0.2, 0) is 14.2 Å². The molecule has 0 spiro atoms. The molecule has 6 nitrogen and oxygen atoms in total. The molecule has 164 valence electrons. The molecule has 0 aromatic rings. The lowest BCUT2D eigenvalue weighted by Gasteiger charge is -2.26. The van der Waals surface area contributed by atoms with Crippen LogP contribution in [0, 0.1) is 0 Å². The van der Waals surface area contributed by atoms with Gasteiger partial charge in [0, 0.05) is 42.5 Å². The number of hydrogen-bond donors (Lipinski definition) is 3. The fourth-order valence-electron chi connectivity index (χ4n) is 2.64. The maximum atomic E-state index is 9.94. The highest BCUT2D eigenvalue weighted by molar-refractivity contribution is 6.82. The largest absolute Gasteiger partial charge is 0.391 e. The van der Waals surface area contributed by atoms with E-state index in [0.29, 0.717) is 32.9 Å². The van der Waals surface area contributed by atoms with E-state index in [1.165, 1.54) is 18.1 Å². The fraction of sp³-hybridized carbons (Fsp3) is 1.00. The Morgan fingerprint density at radius 3 is 2.26 bits per heavy atom. The molecule has 0 saturated heterocycles. The minimum absolute atomic E-state index is 0.151. The smallest absolute Gasteiger partial charge is 0.180 e. The summed E-state index contributed by atoms with van der Waals surface area (Å²) in [5.74, 6) is 0. The molecule has 0 rings (SSSR count). The Kier molecular flexibility index (Phi) is 15.2. The van der Waals surface area contributed by atoms with E-state index >= 15 is 0 Å². The second-order valence-electron chi connectivity index (χ2n) is 9.20. The Labute approximate surface area is 169 Å². The fourth-order valence-corrected chi connectivity index (χ4v) is 9.70. The van der Waals surface area contributed by atoms with E-state index in [1.807, 2.05) is 6.92 Å². The lowest BCUT2D eigenvalue weighted by Crippen LogP contribution is -2.34. The first-order chi connectivity index (χ1) is 12.6. The molecule has 0 aliphatic carbocycles. The third-order valence-corrected chi connectivity index (χ3v) is 10.0. The molecule has 0 radical (unpaired) electrons. The number of hydrogen-bond acceptors (Lipinski definition) is 6. The summed E-state index contributed by atoms with van der Waals surface area (Å²) in [6.07, 6.45) is 0.0186. The molecule has 0 aliphatic heterocycles. The zero-order valence-electron chi connectivity index (χ0n) is 18.6. The summed E-state index contributed by atoms with van der Waals surface area (Å²) < 4.78 is 16.2. The molecule has 0 fully saturated rings. The van der Waals surface area contributed by atoms with Gasteiger partial charge in [0.1, 0.15) is 0 Å². The van der Waals surface area contributed by atoms with Crippen LogP contribution in [0.5, 0.6) is 0 Å². The predicted molar refractivity (Wildman–Crippen MR) is 118 cm³/mol. The van der Waals surface area contributed by atoms with E-state index in [1.54, 1.807) is 0 Å². The molecule has 0 bridgehead atoms. The van der Waals surface area contributed by atoms with Crippen molar-refractivity contribution in [2.24, 2.45) is 0 Å². The maximum Gasteiger partial charge on any atom is 0.180 e. The van der Waals surface area contributed by atoms with E-state index in [-0.39, 0.29) is 6.61 Å². The van der Waals surface area contributed by atoms with Gasteiger partial charge in [-0.2, -0.15) is 0 Å². The van der Waals surface area contributed by atoms with Crippen LogP contribution in [-0.4, -0.2) is 84.9 Å². The van der Waals surface area contributed by atoms with Gasteiger partial charge in [-0.05, 0) is 13.3 Å². The quantitative estimate of drug-likeness (QED) is 0.179. The van der Waals surface area contributed by atoms with Crippen LogP contribution in [0.15, 0.2) is 0 Å². The second kappa shape index (κ2) is 15.1. The molecule has 27 heavy (non-hydrogen) atoms. The lowest BCUT2D eigenvalue weighted by atomic mass is 10.4. The van der Waals surface area contributed by atoms with Crippen LogP contribution in [0.3, 0.4) is 0 Å². The van der Waals surface area contributed by atoms with Gasteiger partial charge in [-0.3, -0.25) is 0 Å². The molecule has 0 amide bonds. The number of ether oxygens (including phenoxy) is 3. The predicted octanol–water partition coefficient (Wildman–Crippen LogP) is 2.76. The molecule has 2 unspecified atom stereocenters. The summed E-state index contributed by atoms with van der Waals surface area (Å²) in [6.45, 7) is 17.1. The number of aliphatic hydroxyl groups is 2. The first-order valence-electron chi connectivity index (χ1n) is 10.4. The van der Waals surface area contributed by atoms with Crippen molar-refractivity contribution in [1.82, 2.24) is 5.32 Å². The summed E-state index contributed by atoms with van der Waals surface area (Å²) in [5, 5.41) is 22.1. The molecule has 0 saturated carbocycles. The average molecular weight is 424 g/mol. The van der Waals surface area contributed by atoms with E-state index in [0.717, 1.165) is 13.0 Å². The van der Waals surface area contributed by atoms with Gasteiger partial charge in [-0.1, -0.05) is 50.9 Å². The van der Waals surface area contributed by atoms with Crippen molar-refractivity contribution in [1.29, 1.82) is 0 Å². The van der Waals surface area contributed by atoms with E-state index < -0.39 is 28.5 Å². The van der Waals surface area contributed by atoms with Crippen molar-refractivity contribution < 1.29 is 24.4 Å². The normalized spacial score (nSPS) is 15.1. The Hall–Kier alpha value is 0.194. The second-order valence-corrected chi connectivity index (χ2v) is 20.1. The SMILES string of the molecule is CCOC(CO)OCCNCC(O)COCCC[Si](C)(C)CC[Si](C)(C)C. The molecule has 0 heterocycles. The van der Waals surface area contributed by atoms with Gasteiger partial charge in [-0.25, -0.2) is 0 Å². The molecule has 0 aliphatic rings. The summed E-state index contributed by atoms with van der Waals surface area (Å²) in [7, 11) is -2.03. The van der Waals surface area contributed by atoms with E-state index in [2.05, 4.69) is 38.1 Å². The number of nitrogens with one attached hydrogen (secondary N) is 1. The Morgan fingerprint density at radius 2 is 1.67 bits per heavy atom. The van der Waals surface area contributed by atoms with Gasteiger partial charge in [0.05, 0.1) is 25.9 Å². The van der Waals surface area contributed by atoms with Gasteiger partial charge < -0.3 is 29.7 Å². The van der Waals surface area contributed by atoms with Crippen LogP contribution < -0.4 is 5.32 Å². The average Bonchev–Trinajstić information content (AvgIpc) is 2.58. The van der Waals surface area contributed by atoms with E-state index in [4.69, 9.17) is 19.3 Å². The molecule has 2 atom stereocenters. The third kappa shape index (κ3) is 18.0. The van der Waals surface area contributed by atoms with Crippen molar-refractivity contribution in [2.75, 3.05) is 46.1 Å². The first-order valence-corrected chi connectivity index (χ1v) is 17.5. The number of rotatable bonds is 18. The Bertz CT molecular complexity index is 353. The van der Waals surface area contributed by atoms with Crippen molar-refractivity contribution in [2.45, 2.75) is 76.6 Å². The number of aliphatic hydroxyl groups excluding tert-OH is 2. The van der Waals surface area contributed by atoms with Crippen LogP contribution in [0.25, 0.3) is 0 Å². The third-order valence-electron chi connectivity index (χ3n) is 4.47. The van der Waals surface area contributed by atoms with Crippen LogP contribution in [0.4, 0.5) is 0 Å². The summed E-state index contributed by atoms with van der Waals surface area (Å²) in [6, 6.07) is 4.16. The highest BCUT2D eigenvalue weighted by Crippen LogP contribution is 2.24. The van der Waals surface area contributed by atoms with Gasteiger partial charge in [0.15, 0.2) is 6.29 Å². The molecule has 3 N–H and O–H groups in total. The summed E-state index contributed by atoms with van der Waals surface area (Å²) in [4.78, 5) is 0. The van der Waals surface area contributed by atoms with Crippen molar-refractivity contribution in [3.8, 4) is 0 Å². The van der Waals surface area contributed by atoms with Gasteiger partial charge in [0.25, 0.3) is 0 Å². The minimum Gasteiger partial charge on any atom is -0.391 e. The monoisotopic (exact) mass is 423 g/mol. The molecular formula is C19H45NO5Si2. The molecular weight excluding hydrogens is 378 g/mol. The standard InChI is InChI=1S/C19H45NO5Si2/c1-7-24-19(16-21)25-11-9-20-15-18(22)17-23-10-8-12-27(5,6)14-13-26(2,3)4/h18-22H,7-17H2,1-6H3. The molecule has 0 aromatic heterocycles. The van der Waals surface area contributed by atoms with Gasteiger partial charge in [-0.15, -0.1) is 0 Å². The maximum absolute atomic E-state index is 9.94. The highest BCUT2D eigenvalue weighted by Gasteiger charge is 2.23. The van der Waals surface area contributed by atoms with Crippen LogP contribution >= 0.6 is 0 Å². The Balaban J connectivity index is 3.62. The highest BCUT2D eigenvalue weighted by atomic mass is 28.3. The van der Waals surface area contributed by atoms with Crippen molar-refractivity contribution in [3.63, 3.8) is 0 Å². The van der Waals surface area contributed by atoms with Gasteiger partial charge in [0.2, 0.25) is 0 Å². The topological polar surface area (TPSA) is 80.2 Å². The summed E-state index contributed by atoms with van der Waals surface area (Å²) in [5.41, 5.74) is 0. The summed E-state index contributed by atoms with van der Waals surface area (Å²) >= 11 is 0. The zero-order valence-corrected chi connectivity index (χ0v) is 20.6. The van der Waals surface area contributed by atoms with E-state index in [9.17, 15) is 5.11 Å². The lowest BCUT2D eigenvalue weighted by molar-refractivity contribution is -0.158. The van der Waals surface area contributed by atoms with Crippen molar-refractivity contribution >= 4 is 16.1 Å². The molecule has 0 aromatic carbocycles. The first kappa shape index (κ1) is 27.2. The van der Waals surface area contributed by atoms with Crippen molar-refractivity contribution in [3.05, 3.63) is 0 Å². The van der Waals surface area contributed by atoms with Crippen LogP contribution in [0.2, 0.25) is 50.9 Å². The molecule has 8 heteroatoms. The minimum atomic E-state index is -1.10. The Morgan fingerprint density at radius 1 is 0.963 bits per heavy atom.